The van der Waals surface area contributed by atoms with Gasteiger partial charge in [-0.1, -0.05) is 23.8 Å². The summed E-state index contributed by atoms with van der Waals surface area (Å²) in [5.41, 5.74) is 6.67. The Morgan fingerprint density at radius 1 is 1.29 bits per heavy atom. The predicted octanol–water partition coefficient (Wildman–Crippen LogP) is -1.54. The third-order valence-electron chi connectivity index (χ3n) is 4.27. The molecule has 1 fully saturated rings. The van der Waals surface area contributed by atoms with Crippen molar-refractivity contribution in [2.24, 2.45) is 0 Å². The molecule has 1 aliphatic heterocycles. The summed E-state index contributed by atoms with van der Waals surface area (Å²) in [5, 5.41) is 47.4. The zero-order valence-electron chi connectivity index (χ0n) is 14.9. The molecule has 1 aliphatic rings. The number of aliphatic hydroxyl groups excluding tert-OH is 3. The van der Waals surface area contributed by atoms with Crippen molar-refractivity contribution >= 4 is 35.9 Å². The average Bonchev–Trinajstić information content (AvgIpc) is 3.20. The number of imidazole rings is 1. The number of ether oxygens (including phenoxy) is 1. The van der Waals surface area contributed by atoms with E-state index in [-0.39, 0.29) is 5.82 Å². The summed E-state index contributed by atoms with van der Waals surface area (Å²) in [7, 11) is -1.45. The van der Waals surface area contributed by atoms with Gasteiger partial charge in [-0.2, -0.15) is 0 Å². The van der Waals surface area contributed by atoms with E-state index in [0.717, 1.165) is 6.42 Å². The van der Waals surface area contributed by atoms with Crippen LogP contribution in [0.15, 0.2) is 23.5 Å². The van der Waals surface area contributed by atoms with Crippen LogP contribution in [0.2, 0.25) is 0 Å². The van der Waals surface area contributed by atoms with Gasteiger partial charge in [0.25, 0.3) is 0 Å². The molecular weight excluding hydrogens is 389 g/mol. The highest BCUT2D eigenvalue weighted by Crippen LogP contribution is 2.32. The second kappa shape index (κ2) is 9.18. The topological polar surface area (TPSA) is 180 Å². The molecule has 4 atom stereocenters. The summed E-state index contributed by atoms with van der Waals surface area (Å²) in [5.74, 6) is 2.16. The van der Waals surface area contributed by atoms with Crippen LogP contribution in [0.4, 0.5) is 5.82 Å². The molecule has 2 aromatic rings. The van der Waals surface area contributed by atoms with E-state index in [1.807, 2.05) is 0 Å². The molecule has 3 rings (SSSR count). The molecule has 3 heterocycles. The van der Waals surface area contributed by atoms with Gasteiger partial charge in [0.1, 0.15) is 23.8 Å². The third-order valence-corrected chi connectivity index (χ3v) is 5.21. The van der Waals surface area contributed by atoms with Crippen LogP contribution in [0.3, 0.4) is 0 Å². The number of aromatic nitrogens is 4. The lowest BCUT2D eigenvalue weighted by atomic mass is 9.91. The summed E-state index contributed by atoms with van der Waals surface area (Å²) in [4.78, 5) is 12.8. The Hall–Kier alpha value is -1.74. The van der Waals surface area contributed by atoms with Crippen molar-refractivity contribution < 1.29 is 30.1 Å². The van der Waals surface area contributed by atoms with Crippen LogP contribution in [0.1, 0.15) is 19.1 Å². The summed E-state index contributed by atoms with van der Waals surface area (Å²) < 4.78 is 6.99. The summed E-state index contributed by atoms with van der Waals surface area (Å²) in [6, 6.07) is 0. The number of fused-ring (bicyclic) bond motifs is 1. The number of rotatable bonds is 8. The summed E-state index contributed by atoms with van der Waals surface area (Å²) in [6.07, 6.45) is 0.166. The molecule has 0 aliphatic carbocycles. The highest BCUT2D eigenvalue weighted by molar-refractivity contribution is 7.99. The van der Waals surface area contributed by atoms with Crippen LogP contribution >= 0.6 is 11.8 Å². The number of allylic oxidation sites excluding steroid dienone is 1. The van der Waals surface area contributed by atoms with Gasteiger partial charge >= 0.3 is 7.12 Å². The molecule has 0 spiro atoms. The van der Waals surface area contributed by atoms with Crippen molar-refractivity contribution in [3.05, 3.63) is 18.4 Å². The van der Waals surface area contributed by atoms with E-state index >= 15 is 0 Å². The van der Waals surface area contributed by atoms with Gasteiger partial charge < -0.3 is 35.8 Å². The lowest BCUT2D eigenvalue weighted by molar-refractivity contribution is -0.0511. The zero-order chi connectivity index (χ0) is 20.3. The van der Waals surface area contributed by atoms with Crippen molar-refractivity contribution in [3.63, 3.8) is 0 Å². The maximum absolute atomic E-state index is 10.2. The fourth-order valence-electron chi connectivity index (χ4n) is 2.86. The van der Waals surface area contributed by atoms with E-state index in [1.54, 1.807) is 6.08 Å². The molecule has 0 amide bonds. The largest absolute Gasteiger partial charge is 0.480 e. The van der Waals surface area contributed by atoms with Gasteiger partial charge in [0.2, 0.25) is 0 Å². The number of unbranched alkanes of at least 4 members (excludes halogenated alkanes) is 1. The molecule has 4 unspecified atom stereocenters. The van der Waals surface area contributed by atoms with E-state index < -0.39 is 38.3 Å². The first-order valence-corrected chi connectivity index (χ1v) is 9.69. The van der Waals surface area contributed by atoms with E-state index in [2.05, 4.69) is 15.0 Å². The lowest BCUT2D eigenvalue weighted by Crippen LogP contribution is -2.33. The monoisotopic (exact) mass is 411 g/mol. The Balaban J connectivity index is 1.74. The molecule has 7 N–H and O–H groups in total. The number of nitrogen functional groups attached to an aromatic ring is 1. The number of thioether (sulfide) groups is 1. The van der Waals surface area contributed by atoms with Crippen LogP contribution in [-0.2, 0) is 4.74 Å². The van der Waals surface area contributed by atoms with Crippen molar-refractivity contribution in [2.75, 3.05) is 18.1 Å². The first-order chi connectivity index (χ1) is 13.4. The Bertz CT molecular complexity index is 837. The first kappa shape index (κ1) is 21.0. The van der Waals surface area contributed by atoms with E-state index in [9.17, 15) is 15.3 Å². The molecule has 13 heteroatoms. The minimum absolute atomic E-state index is 0.182. The van der Waals surface area contributed by atoms with Crippen molar-refractivity contribution in [2.45, 2.75) is 42.5 Å². The Morgan fingerprint density at radius 3 is 2.75 bits per heavy atom. The third kappa shape index (κ3) is 4.46. The Labute approximate surface area is 165 Å². The van der Waals surface area contributed by atoms with Gasteiger partial charge in [0.05, 0.1) is 12.9 Å². The van der Waals surface area contributed by atoms with E-state index in [4.69, 9.17) is 20.5 Å². The molecule has 0 aromatic carbocycles. The van der Waals surface area contributed by atoms with Crippen LogP contribution in [0.25, 0.3) is 11.2 Å². The van der Waals surface area contributed by atoms with Gasteiger partial charge in [0.15, 0.2) is 22.8 Å². The highest BCUT2D eigenvalue weighted by Gasteiger charge is 2.44. The van der Waals surface area contributed by atoms with Crippen molar-refractivity contribution in [1.29, 1.82) is 0 Å². The second-order valence-corrected chi connectivity index (χ2v) is 7.34. The SMILES string of the molecule is Nc1nc(SCCC/C=C/B(O)O)nc2c1ncn2C1OC(CO)C(O)C1O. The van der Waals surface area contributed by atoms with Crippen LogP contribution in [-0.4, -0.2) is 82.7 Å². The summed E-state index contributed by atoms with van der Waals surface area (Å²) >= 11 is 1.37. The quantitative estimate of drug-likeness (QED) is 0.128. The fraction of sp³-hybridized carbons (Fsp3) is 0.533. The molecular formula is C15H22BN5O6S. The Kier molecular flexibility index (Phi) is 6.88. The Morgan fingerprint density at radius 2 is 2.07 bits per heavy atom. The number of hydrogen-bond acceptors (Lipinski definition) is 11. The molecule has 1 saturated heterocycles. The smallest absolute Gasteiger partial charge is 0.424 e. The number of nitrogens with zero attached hydrogens (tertiary/aromatic N) is 4. The van der Waals surface area contributed by atoms with Crippen LogP contribution < -0.4 is 5.73 Å². The maximum Gasteiger partial charge on any atom is 0.480 e. The molecule has 0 bridgehead atoms. The fourth-order valence-corrected chi connectivity index (χ4v) is 3.67. The molecule has 28 heavy (non-hydrogen) atoms. The highest BCUT2D eigenvalue weighted by atomic mass is 32.2. The van der Waals surface area contributed by atoms with Gasteiger partial charge in [-0.3, -0.25) is 4.57 Å². The molecule has 2 aromatic heterocycles. The standard InChI is InChI=1S/C15H22BN5O6S/c17-12-9-13(20-15(19-12)28-5-3-1-2-4-16(25)26)21(7-18-9)14-11(24)10(23)8(6-22)27-14/h2,4,7-8,10-11,14,22-26H,1,3,5-6H2,(H2,17,19,20)/b4-2+. The van der Waals surface area contributed by atoms with Gasteiger partial charge in [-0.25, -0.2) is 15.0 Å². The average molecular weight is 411 g/mol. The molecule has 11 nitrogen and oxygen atoms in total. The normalized spacial score (nSPS) is 25.2. The van der Waals surface area contributed by atoms with Crippen molar-refractivity contribution in [3.8, 4) is 0 Å². The van der Waals surface area contributed by atoms with Gasteiger partial charge in [-0.05, 0) is 12.8 Å². The first-order valence-electron chi connectivity index (χ1n) is 8.70. The summed E-state index contributed by atoms with van der Waals surface area (Å²) in [6.45, 7) is -0.429. The number of nitrogens with two attached hydrogens (primary N) is 1. The van der Waals surface area contributed by atoms with Crippen molar-refractivity contribution in [1.82, 2.24) is 19.5 Å². The molecule has 0 saturated carbocycles. The van der Waals surface area contributed by atoms with Crippen LogP contribution in [0, 0.1) is 0 Å². The number of hydrogen-bond donors (Lipinski definition) is 6. The maximum atomic E-state index is 10.2. The molecule has 0 radical (unpaired) electrons. The lowest BCUT2D eigenvalue weighted by Gasteiger charge is -2.16. The molecule has 152 valence electrons. The predicted molar refractivity (Wildman–Crippen MR) is 102 cm³/mol. The number of anilines is 1. The minimum atomic E-state index is -1.45. The van der Waals surface area contributed by atoms with E-state index in [0.29, 0.717) is 28.5 Å². The van der Waals surface area contributed by atoms with Gasteiger partial charge in [-0.15, -0.1) is 0 Å². The minimum Gasteiger partial charge on any atom is -0.424 e. The van der Waals surface area contributed by atoms with Gasteiger partial charge in [0, 0.05) is 5.75 Å². The zero-order valence-corrected chi connectivity index (χ0v) is 15.7. The second-order valence-electron chi connectivity index (χ2n) is 6.28. The van der Waals surface area contributed by atoms with E-state index in [1.165, 1.54) is 28.6 Å². The number of aliphatic hydroxyl groups is 3. The van der Waals surface area contributed by atoms with Crippen LogP contribution in [0.5, 0.6) is 0 Å².